The van der Waals surface area contributed by atoms with Crippen molar-refractivity contribution in [2.75, 3.05) is 26.2 Å². The van der Waals surface area contributed by atoms with Crippen LogP contribution in [0.1, 0.15) is 25.8 Å². The maximum atomic E-state index is 12.9. The van der Waals surface area contributed by atoms with Crippen molar-refractivity contribution in [2.45, 2.75) is 32.1 Å². The van der Waals surface area contributed by atoms with Crippen molar-refractivity contribution >= 4 is 21.6 Å². The molecule has 0 bridgehead atoms. The molecule has 1 aliphatic heterocycles. The van der Waals surface area contributed by atoms with Crippen molar-refractivity contribution in [3.8, 4) is 0 Å². The van der Waals surface area contributed by atoms with Crippen molar-refractivity contribution in [3.63, 3.8) is 0 Å². The lowest BCUT2D eigenvalue weighted by atomic mass is 10.2. The molecule has 1 saturated heterocycles. The molecule has 1 fully saturated rings. The van der Waals surface area contributed by atoms with E-state index in [-0.39, 0.29) is 29.6 Å². The summed E-state index contributed by atoms with van der Waals surface area (Å²) in [6, 6.07) is 3.81. The van der Waals surface area contributed by atoms with E-state index in [9.17, 15) is 23.3 Å². The van der Waals surface area contributed by atoms with Crippen LogP contribution >= 0.6 is 0 Å². The number of benzene rings is 1. The molecular formula is C17H23N3O5S. The summed E-state index contributed by atoms with van der Waals surface area (Å²) in [6.45, 7) is 6.21. The third kappa shape index (κ3) is 4.10. The molecule has 0 saturated carbocycles. The van der Waals surface area contributed by atoms with E-state index in [4.69, 9.17) is 0 Å². The van der Waals surface area contributed by atoms with Crippen LogP contribution in [0.15, 0.2) is 34.7 Å². The number of hydrogen-bond donors (Lipinski definition) is 0. The van der Waals surface area contributed by atoms with Gasteiger partial charge in [-0.25, -0.2) is 8.42 Å². The van der Waals surface area contributed by atoms with Crippen LogP contribution in [0.5, 0.6) is 0 Å². The third-order valence-corrected chi connectivity index (χ3v) is 6.41. The normalized spacial score (nSPS) is 16.6. The fourth-order valence-corrected chi connectivity index (χ4v) is 4.56. The number of nitro groups is 1. The highest BCUT2D eigenvalue weighted by atomic mass is 32.2. The van der Waals surface area contributed by atoms with Crippen LogP contribution in [0, 0.1) is 17.0 Å². The molecule has 142 valence electrons. The van der Waals surface area contributed by atoms with E-state index in [2.05, 4.69) is 0 Å². The fraction of sp³-hybridized carbons (Fsp3) is 0.471. The molecule has 9 heteroatoms. The Hall–Kier alpha value is -2.26. The van der Waals surface area contributed by atoms with Crippen molar-refractivity contribution < 1.29 is 18.1 Å². The quantitative estimate of drug-likeness (QED) is 0.442. The van der Waals surface area contributed by atoms with Crippen molar-refractivity contribution in [3.05, 3.63) is 45.5 Å². The lowest BCUT2D eigenvalue weighted by molar-refractivity contribution is -0.385. The van der Waals surface area contributed by atoms with Gasteiger partial charge in [0.05, 0.1) is 9.82 Å². The van der Waals surface area contributed by atoms with Gasteiger partial charge in [0.2, 0.25) is 15.9 Å². The zero-order valence-corrected chi connectivity index (χ0v) is 16.0. The Morgan fingerprint density at radius 2 is 1.88 bits per heavy atom. The Labute approximate surface area is 153 Å². The van der Waals surface area contributed by atoms with E-state index < -0.39 is 14.9 Å². The molecule has 8 nitrogen and oxygen atoms in total. The van der Waals surface area contributed by atoms with Gasteiger partial charge in [-0.2, -0.15) is 4.31 Å². The van der Waals surface area contributed by atoms with Crippen LogP contribution in [0.4, 0.5) is 5.69 Å². The molecule has 1 amide bonds. The zero-order chi connectivity index (χ0) is 19.5. The number of rotatable bonds is 5. The van der Waals surface area contributed by atoms with E-state index in [1.165, 1.54) is 16.4 Å². The van der Waals surface area contributed by atoms with Crippen LogP contribution in [0.3, 0.4) is 0 Å². The molecule has 0 spiro atoms. The summed E-state index contributed by atoms with van der Waals surface area (Å²) < 4.78 is 27.0. The molecule has 1 aromatic carbocycles. The van der Waals surface area contributed by atoms with E-state index >= 15 is 0 Å². The van der Waals surface area contributed by atoms with Crippen molar-refractivity contribution in [1.29, 1.82) is 0 Å². The van der Waals surface area contributed by atoms with Gasteiger partial charge in [-0.3, -0.25) is 14.9 Å². The monoisotopic (exact) mass is 381 g/mol. The van der Waals surface area contributed by atoms with Crippen LogP contribution in [-0.4, -0.2) is 54.6 Å². The number of carbonyl (C=O) groups excluding carboxylic acids is 1. The standard InChI is InChI=1S/C17H23N3O5S/c1-4-5-14(3)17(21)18-8-10-19(11-9-18)26(24,25)16-12-15(20(22)23)7-6-13(16)2/h5-7,12H,4,8-11H2,1-3H3. The number of piperazine rings is 1. The van der Waals surface area contributed by atoms with Gasteiger partial charge in [0.1, 0.15) is 0 Å². The molecule has 0 unspecified atom stereocenters. The highest BCUT2D eigenvalue weighted by molar-refractivity contribution is 7.89. The summed E-state index contributed by atoms with van der Waals surface area (Å²) in [4.78, 5) is 24.2. The van der Waals surface area contributed by atoms with E-state index in [0.717, 1.165) is 12.5 Å². The average Bonchev–Trinajstić information content (AvgIpc) is 2.61. The van der Waals surface area contributed by atoms with Gasteiger partial charge in [-0.15, -0.1) is 0 Å². The molecule has 1 aromatic rings. The van der Waals surface area contributed by atoms with Gasteiger partial charge in [0.15, 0.2) is 0 Å². The summed E-state index contributed by atoms with van der Waals surface area (Å²) in [5, 5.41) is 11.0. The van der Waals surface area contributed by atoms with Gasteiger partial charge in [-0.05, 0) is 25.8 Å². The molecule has 1 heterocycles. The number of nitro benzene ring substituents is 1. The number of aryl methyl sites for hydroxylation is 1. The molecule has 0 radical (unpaired) electrons. The van der Waals surface area contributed by atoms with E-state index in [1.54, 1.807) is 18.7 Å². The molecule has 26 heavy (non-hydrogen) atoms. The second-order valence-corrected chi connectivity index (χ2v) is 8.10. The first-order valence-electron chi connectivity index (χ1n) is 8.39. The lowest BCUT2D eigenvalue weighted by Gasteiger charge is -2.34. The van der Waals surface area contributed by atoms with Crippen molar-refractivity contribution in [1.82, 2.24) is 9.21 Å². The molecule has 0 N–H and O–H groups in total. The minimum atomic E-state index is -3.85. The smallest absolute Gasteiger partial charge is 0.270 e. The number of non-ortho nitro benzene ring substituents is 1. The number of amides is 1. The largest absolute Gasteiger partial charge is 0.336 e. The van der Waals surface area contributed by atoms with Crippen LogP contribution < -0.4 is 0 Å². The summed E-state index contributed by atoms with van der Waals surface area (Å²) in [6.07, 6.45) is 2.61. The minimum absolute atomic E-state index is 0.0615. The summed E-state index contributed by atoms with van der Waals surface area (Å²) >= 11 is 0. The first-order valence-corrected chi connectivity index (χ1v) is 9.83. The molecular weight excluding hydrogens is 358 g/mol. The fourth-order valence-electron chi connectivity index (χ4n) is 2.89. The summed E-state index contributed by atoms with van der Waals surface area (Å²) in [5.41, 5.74) is 0.845. The molecule has 1 aliphatic rings. The third-order valence-electron chi connectivity index (χ3n) is 4.37. The molecule has 0 atom stereocenters. The highest BCUT2D eigenvalue weighted by Gasteiger charge is 2.32. The number of nitrogens with zero attached hydrogens (tertiary/aromatic N) is 3. The minimum Gasteiger partial charge on any atom is -0.336 e. The lowest BCUT2D eigenvalue weighted by Crippen LogP contribution is -2.50. The molecule has 0 aliphatic carbocycles. The van der Waals surface area contributed by atoms with Crippen LogP contribution in [-0.2, 0) is 14.8 Å². The Morgan fingerprint density at radius 3 is 2.42 bits per heavy atom. The first-order chi connectivity index (χ1) is 12.2. The average molecular weight is 381 g/mol. The first kappa shape index (κ1) is 20.1. The van der Waals surface area contributed by atoms with Gasteiger partial charge in [0, 0.05) is 43.9 Å². The number of carbonyl (C=O) groups is 1. The Balaban J connectivity index is 2.18. The predicted molar refractivity (Wildman–Crippen MR) is 97.2 cm³/mol. The SMILES string of the molecule is CCC=C(C)C(=O)N1CCN(S(=O)(=O)c2cc([N+](=O)[O-])ccc2C)CC1. The Bertz CT molecular complexity index is 840. The van der Waals surface area contributed by atoms with Crippen molar-refractivity contribution in [2.24, 2.45) is 0 Å². The Morgan fingerprint density at radius 1 is 1.27 bits per heavy atom. The number of hydrogen-bond acceptors (Lipinski definition) is 5. The van der Waals surface area contributed by atoms with Crippen LogP contribution in [0.25, 0.3) is 0 Å². The number of sulfonamides is 1. The number of allylic oxidation sites excluding steroid dienone is 1. The molecule has 2 rings (SSSR count). The predicted octanol–water partition coefficient (Wildman–Crippen LogP) is 2.09. The summed E-state index contributed by atoms with van der Waals surface area (Å²) in [7, 11) is -3.85. The molecule has 0 aromatic heterocycles. The second-order valence-electron chi connectivity index (χ2n) is 6.20. The summed E-state index contributed by atoms with van der Waals surface area (Å²) in [5.74, 6) is -0.0876. The van der Waals surface area contributed by atoms with Gasteiger partial charge >= 0.3 is 0 Å². The van der Waals surface area contributed by atoms with Gasteiger partial charge in [0.25, 0.3) is 5.69 Å². The Kier molecular flexibility index (Phi) is 6.14. The van der Waals surface area contributed by atoms with E-state index in [1.807, 2.05) is 13.0 Å². The van der Waals surface area contributed by atoms with E-state index in [0.29, 0.717) is 24.2 Å². The zero-order valence-electron chi connectivity index (χ0n) is 15.1. The second kappa shape index (κ2) is 7.96. The highest BCUT2D eigenvalue weighted by Crippen LogP contribution is 2.25. The van der Waals surface area contributed by atoms with Gasteiger partial charge in [-0.1, -0.05) is 19.1 Å². The topological polar surface area (TPSA) is 101 Å². The van der Waals surface area contributed by atoms with Crippen LogP contribution in [0.2, 0.25) is 0 Å². The maximum absolute atomic E-state index is 12.9. The van der Waals surface area contributed by atoms with Gasteiger partial charge < -0.3 is 4.90 Å². The maximum Gasteiger partial charge on any atom is 0.270 e.